The maximum Gasteiger partial charge on any atom is 0.226 e. The highest BCUT2D eigenvalue weighted by Gasteiger charge is 2.21. The number of oxazole rings is 1. The van der Waals surface area contributed by atoms with Crippen molar-refractivity contribution in [2.24, 2.45) is 0 Å². The number of anilines is 1. The molecule has 0 aliphatic rings. The van der Waals surface area contributed by atoms with Gasteiger partial charge in [0.25, 0.3) is 0 Å². The highest BCUT2D eigenvalue weighted by atomic mass is 35.5. The Kier molecular flexibility index (Phi) is 9.01. The molecular formula is C28H24ClN5O3S. The van der Waals surface area contributed by atoms with Crippen molar-refractivity contribution >= 4 is 29.2 Å². The number of nitrogens with two attached hydrogens (primary N) is 1. The summed E-state index contributed by atoms with van der Waals surface area (Å²) >= 11 is 7.24. The van der Waals surface area contributed by atoms with Gasteiger partial charge in [-0.1, -0.05) is 47.6 Å². The highest BCUT2D eigenvalue weighted by Crippen LogP contribution is 2.37. The van der Waals surface area contributed by atoms with E-state index in [4.69, 9.17) is 26.9 Å². The molecule has 4 rings (SSSR count). The van der Waals surface area contributed by atoms with Crippen molar-refractivity contribution in [2.45, 2.75) is 36.1 Å². The molecule has 192 valence electrons. The first kappa shape index (κ1) is 27.2. The molecule has 1 atom stereocenters. The molecule has 0 unspecified atom stereocenters. The second-order valence-corrected chi connectivity index (χ2v) is 9.92. The van der Waals surface area contributed by atoms with Crippen LogP contribution in [0.5, 0.6) is 0 Å². The monoisotopic (exact) mass is 545 g/mol. The Morgan fingerprint density at radius 2 is 1.68 bits per heavy atom. The normalized spacial score (nSPS) is 11.6. The van der Waals surface area contributed by atoms with Crippen LogP contribution in [0.15, 0.2) is 64.2 Å². The summed E-state index contributed by atoms with van der Waals surface area (Å²) < 4.78 is 5.60. The molecule has 38 heavy (non-hydrogen) atoms. The molecule has 0 radical (unpaired) electrons. The summed E-state index contributed by atoms with van der Waals surface area (Å²) in [6.07, 6.45) is 2.78. The lowest BCUT2D eigenvalue weighted by Crippen LogP contribution is -2.11. The summed E-state index contributed by atoms with van der Waals surface area (Å²) in [6.45, 7) is -0.253. The fourth-order valence-electron chi connectivity index (χ4n) is 3.90. The van der Waals surface area contributed by atoms with Gasteiger partial charge < -0.3 is 20.4 Å². The van der Waals surface area contributed by atoms with Crippen LogP contribution in [0.25, 0.3) is 22.6 Å². The number of hydrogen-bond donors (Lipinski definition) is 3. The molecule has 0 spiro atoms. The standard InChI is InChI=1S/C28H24ClN5O3S/c29-20-10-8-19(9-11-20)27-33-21(15-37-27)16-38-28-24(13-31)25(23(12-30)26(32)34-28)18-6-4-17(5-7-18)2-1-3-22(36)14-35/h4-11,15,22,35-36H,1-3,14,16H2,(H2,32,34)/t22-/m1/s1. The van der Waals surface area contributed by atoms with Gasteiger partial charge in [-0.3, -0.25) is 0 Å². The maximum absolute atomic E-state index is 10.0. The number of nitrogen functional groups attached to an aromatic ring is 1. The smallest absolute Gasteiger partial charge is 0.226 e. The number of benzene rings is 2. The fourth-order valence-corrected chi connectivity index (χ4v) is 4.90. The topological polar surface area (TPSA) is 153 Å². The zero-order valence-corrected chi connectivity index (χ0v) is 21.8. The summed E-state index contributed by atoms with van der Waals surface area (Å²) in [7, 11) is 0. The Balaban J connectivity index is 1.57. The third-order valence-electron chi connectivity index (χ3n) is 5.87. The molecule has 0 fully saturated rings. The van der Waals surface area contributed by atoms with Crippen molar-refractivity contribution in [2.75, 3.05) is 12.3 Å². The minimum atomic E-state index is -0.720. The number of aliphatic hydroxyl groups is 2. The van der Waals surface area contributed by atoms with Crippen LogP contribution in [0, 0.1) is 22.7 Å². The zero-order valence-electron chi connectivity index (χ0n) is 20.3. The third-order valence-corrected chi connectivity index (χ3v) is 7.13. The predicted molar refractivity (Wildman–Crippen MR) is 146 cm³/mol. The minimum Gasteiger partial charge on any atom is -0.444 e. The number of thioether (sulfide) groups is 1. The van der Waals surface area contributed by atoms with Crippen LogP contribution < -0.4 is 5.73 Å². The second kappa shape index (κ2) is 12.6. The number of aromatic nitrogens is 2. The number of aryl methyl sites for hydroxylation is 1. The molecule has 0 aliphatic carbocycles. The summed E-state index contributed by atoms with van der Waals surface area (Å²) in [5.74, 6) is 0.882. The average Bonchev–Trinajstić information content (AvgIpc) is 3.41. The number of nitrogens with zero attached hydrogens (tertiary/aromatic N) is 4. The van der Waals surface area contributed by atoms with Crippen molar-refractivity contribution in [3.63, 3.8) is 0 Å². The molecule has 0 saturated carbocycles. The molecular weight excluding hydrogens is 522 g/mol. The van der Waals surface area contributed by atoms with E-state index in [9.17, 15) is 15.6 Å². The van der Waals surface area contributed by atoms with E-state index >= 15 is 0 Å². The fraction of sp³-hybridized carbons (Fsp3) is 0.214. The van der Waals surface area contributed by atoms with Gasteiger partial charge in [0.05, 0.1) is 24.0 Å². The largest absolute Gasteiger partial charge is 0.444 e. The van der Waals surface area contributed by atoms with Gasteiger partial charge in [0.1, 0.15) is 34.8 Å². The number of nitriles is 2. The minimum absolute atomic E-state index is 0.0491. The van der Waals surface area contributed by atoms with Gasteiger partial charge in [0, 0.05) is 21.9 Å². The quantitative estimate of drug-likeness (QED) is 0.224. The Hall–Kier alpha value is -3.86. The van der Waals surface area contributed by atoms with E-state index < -0.39 is 6.10 Å². The van der Waals surface area contributed by atoms with Gasteiger partial charge in [-0.25, -0.2) is 9.97 Å². The van der Waals surface area contributed by atoms with Crippen molar-refractivity contribution in [3.8, 4) is 34.7 Å². The van der Waals surface area contributed by atoms with E-state index in [1.54, 1.807) is 18.4 Å². The van der Waals surface area contributed by atoms with Gasteiger partial charge in [-0.15, -0.1) is 0 Å². The molecule has 10 heteroatoms. The number of pyridine rings is 1. The molecule has 2 aromatic carbocycles. The summed E-state index contributed by atoms with van der Waals surface area (Å²) in [5, 5.41) is 39.4. The molecule has 0 amide bonds. The predicted octanol–water partition coefficient (Wildman–Crippen LogP) is 5.35. The Morgan fingerprint density at radius 3 is 2.34 bits per heavy atom. The molecule has 0 aliphatic heterocycles. The molecule has 4 aromatic rings. The Bertz CT molecular complexity index is 1490. The van der Waals surface area contributed by atoms with Crippen LogP contribution >= 0.6 is 23.4 Å². The lowest BCUT2D eigenvalue weighted by atomic mass is 9.95. The molecule has 2 heterocycles. The average molecular weight is 546 g/mol. The Labute approximate surface area is 229 Å². The number of hydrogen-bond acceptors (Lipinski definition) is 9. The molecule has 0 saturated heterocycles. The zero-order chi connectivity index (χ0) is 27.1. The summed E-state index contributed by atoms with van der Waals surface area (Å²) in [4.78, 5) is 8.87. The van der Waals surface area contributed by atoms with Crippen molar-refractivity contribution < 1.29 is 14.6 Å². The van der Waals surface area contributed by atoms with E-state index in [2.05, 4.69) is 22.1 Å². The van der Waals surface area contributed by atoms with Crippen LogP contribution in [0.4, 0.5) is 5.82 Å². The van der Waals surface area contributed by atoms with Crippen LogP contribution in [0.1, 0.15) is 35.2 Å². The third kappa shape index (κ3) is 6.34. The highest BCUT2D eigenvalue weighted by molar-refractivity contribution is 7.98. The first-order valence-corrected chi connectivity index (χ1v) is 13.1. The van der Waals surface area contributed by atoms with Crippen molar-refractivity contribution in [3.05, 3.63) is 82.2 Å². The van der Waals surface area contributed by atoms with Gasteiger partial charge in [0.2, 0.25) is 5.89 Å². The lowest BCUT2D eigenvalue weighted by molar-refractivity contribution is 0.0867. The van der Waals surface area contributed by atoms with Gasteiger partial charge >= 0.3 is 0 Å². The van der Waals surface area contributed by atoms with Crippen molar-refractivity contribution in [1.82, 2.24) is 9.97 Å². The number of halogens is 1. The van der Waals surface area contributed by atoms with Crippen LogP contribution in [0.2, 0.25) is 5.02 Å². The van der Waals surface area contributed by atoms with Crippen LogP contribution in [0.3, 0.4) is 0 Å². The van der Waals surface area contributed by atoms with E-state index in [-0.39, 0.29) is 23.6 Å². The summed E-state index contributed by atoms with van der Waals surface area (Å²) in [6, 6.07) is 19.0. The molecule has 8 nitrogen and oxygen atoms in total. The van der Waals surface area contributed by atoms with Gasteiger partial charge in [-0.2, -0.15) is 10.5 Å². The van der Waals surface area contributed by atoms with Crippen LogP contribution in [-0.2, 0) is 12.2 Å². The maximum atomic E-state index is 10.0. The molecule has 2 aromatic heterocycles. The number of rotatable bonds is 10. The first-order valence-electron chi connectivity index (χ1n) is 11.8. The van der Waals surface area contributed by atoms with E-state index in [0.29, 0.717) is 44.9 Å². The first-order chi connectivity index (χ1) is 18.4. The molecule has 4 N–H and O–H groups in total. The van der Waals surface area contributed by atoms with E-state index in [1.165, 1.54) is 11.8 Å². The summed E-state index contributed by atoms with van der Waals surface area (Å²) in [5.41, 5.74) is 10.2. The van der Waals surface area contributed by atoms with Crippen molar-refractivity contribution in [1.29, 1.82) is 10.5 Å². The van der Waals surface area contributed by atoms with Gasteiger partial charge in [0.15, 0.2) is 0 Å². The number of aliphatic hydroxyl groups excluding tert-OH is 2. The molecule has 0 bridgehead atoms. The van der Waals surface area contributed by atoms with E-state index in [0.717, 1.165) is 24.0 Å². The lowest BCUT2D eigenvalue weighted by Gasteiger charge is -2.13. The van der Waals surface area contributed by atoms with Gasteiger partial charge in [-0.05, 0) is 54.7 Å². The van der Waals surface area contributed by atoms with Crippen LogP contribution in [-0.4, -0.2) is 32.9 Å². The SMILES string of the molecule is N#Cc1c(N)nc(SCc2coc(-c3ccc(Cl)cc3)n2)c(C#N)c1-c1ccc(CCC[C@@H](O)CO)cc1. The second-order valence-electron chi connectivity index (χ2n) is 8.52. The Morgan fingerprint density at radius 1 is 1.00 bits per heavy atom. The van der Waals surface area contributed by atoms with E-state index in [1.807, 2.05) is 36.4 Å².